The molecule has 0 amide bonds. The SMILES string of the molecule is CC(C)(C)CC1CN=C(NCc2ccc(F)c(F)c2)S1. The second kappa shape index (κ2) is 6.12. The first kappa shape index (κ1) is 15.3. The van der Waals surface area contributed by atoms with Crippen molar-refractivity contribution in [3.63, 3.8) is 0 Å². The zero-order chi connectivity index (χ0) is 14.8. The molecule has 1 aromatic rings. The Hall–Kier alpha value is -1.10. The van der Waals surface area contributed by atoms with Crippen LogP contribution in [-0.4, -0.2) is 17.0 Å². The minimum Gasteiger partial charge on any atom is -0.361 e. The van der Waals surface area contributed by atoms with Gasteiger partial charge < -0.3 is 5.32 Å². The van der Waals surface area contributed by atoms with Gasteiger partial charge in [0.1, 0.15) is 0 Å². The molecule has 2 nitrogen and oxygen atoms in total. The number of rotatable bonds is 3. The average molecular weight is 298 g/mol. The number of benzene rings is 1. The van der Waals surface area contributed by atoms with Crippen molar-refractivity contribution in [2.45, 2.75) is 39.0 Å². The van der Waals surface area contributed by atoms with Crippen LogP contribution in [0.15, 0.2) is 23.2 Å². The molecular weight excluding hydrogens is 278 g/mol. The molecule has 2 rings (SSSR count). The Bertz CT molecular complexity index is 509. The van der Waals surface area contributed by atoms with Crippen LogP contribution in [0.2, 0.25) is 0 Å². The number of thioether (sulfide) groups is 1. The zero-order valence-electron chi connectivity index (χ0n) is 12.0. The quantitative estimate of drug-likeness (QED) is 0.913. The maximum absolute atomic E-state index is 13.1. The summed E-state index contributed by atoms with van der Waals surface area (Å²) < 4.78 is 25.9. The third-order valence-electron chi connectivity index (χ3n) is 2.98. The summed E-state index contributed by atoms with van der Waals surface area (Å²) in [5.74, 6) is -1.62. The summed E-state index contributed by atoms with van der Waals surface area (Å²) in [6.45, 7) is 7.95. The van der Waals surface area contributed by atoms with E-state index < -0.39 is 11.6 Å². The van der Waals surface area contributed by atoms with Crippen molar-refractivity contribution < 1.29 is 8.78 Å². The highest BCUT2D eigenvalue weighted by Crippen LogP contribution is 2.31. The number of amidine groups is 1. The van der Waals surface area contributed by atoms with Crippen molar-refractivity contribution in [3.05, 3.63) is 35.4 Å². The molecule has 1 heterocycles. The normalized spacial score (nSPS) is 19.1. The van der Waals surface area contributed by atoms with Crippen molar-refractivity contribution >= 4 is 16.9 Å². The summed E-state index contributed by atoms with van der Waals surface area (Å²) in [6, 6.07) is 3.95. The molecule has 1 aliphatic heterocycles. The van der Waals surface area contributed by atoms with Crippen LogP contribution >= 0.6 is 11.8 Å². The molecule has 20 heavy (non-hydrogen) atoms. The molecule has 0 spiro atoms. The molecule has 1 aliphatic rings. The van der Waals surface area contributed by atoms with E-state index in [9.17, 15) is 8.78 Å². The van der Waals surface area contributed by atoms with E-state index in [1.807, 2.05) is 0 Å². The van der Waals surface area contributed by atoms with Gasteiger partial charge in [0.25, 0.3) is 0 Å². The Labute approximate surface area is 123 Å². The summed E-state index contributed by atoms with van der Waals surface area (Å²) in [5.41, 5.74) is 1.01. The lowest BCUT2D eigenvalue weighted by Gasteiger charge is -2.21. The van der Waals surface area contributed by atoms with E-state index in [2.05, 4.69) is 31.1 Å². The molecule has 1 aromatic carbocycles. The number of halogens is 2. The smallest absolute Gasteiger partial charge is 0.159 e. The Morgan fingerprint density at radius 1 is 1.30 bits per heavy atom. The lowest BCUT2D eigenvalue weighted by Crippen LogP contribution is -2.20. The van der Waals surface area contributed by atoms with Crippen molar-refractivity contribution in [1.29, 1.82) is 0 Å². The van der Waals surface area contributed by atoms with Gasteiger partial charge in [0.05, 0.1) is 6.54 Å². The van der Waals surface area contributed by atoms with Crippen molar-refractivity contribution in [1.82, 2.24) is 5.32 Å². The number of hydrogen-bond donors (Lipinski definition) is 1. The Morgan fingerprint density at radius 2 is 2.05 bits per heavy atom. The van der Waals surface area contributed by atoms with Crippen molar-refractivity contribution in [2.75, 3.05) is 6.54 Å². The zero-order valence-corrected chi connectivity index (χ0v) is 12.9. The second-order valence-corrected chi connectivity index (χ2v) is 7.54. The van der Waals surface area contributed by atoms with Crippen LogP contribution in [0.4, 0.5) is 8.78 Å². The minimum absolute atomic E-state index is 0.294. The van der Waals surface area contributed by atoms with Crippen LogP contribution in [0.25, 0.3) is 0 Å². The molecule has 110 valence electrons. The Balaban J connectivity index is 1.82. The monoisotopic (exact) mass is 298 g/mol. The third-order valence-corrected chi connectivity index (χ3v) is 4.13. The molecule has 5 heteroatoms. The maximum atomic E-state index is 13.1. The van der Waals surface area contributed by atoms with Crippen LogP contribution < -0.4 is 5.32 Å². The fourth-order valence-corrected chi connectivity index (χ4v) is 3.48. The number of hydrogen-bond acceptors (Lipinski definition) is 3. The van der Waals surface area contributed by atoms with Gasteiger partial charge in [-0.1, -0.05) is 38.6 Å². The lowest BCUT2D eigenvalue weighted by molar-refractivity contribution is 0.375. The Morgan fingerprint density at radius 3 is 2.70 bits per heavy atom. The van der Waals surface area contributed by atoms with Crippen LogP contribution in [0, 0.1) is 17.0 Å². The average Bonchev–Trinajstić information content (AvgIpc) is 2.76. The van der Waals surface area contributed by atoms with Gasteiger partial charge in [-0.05, 0) is 29.5 Å². The molecule has 1 N–H and O–H groups in total. The van der Waals surface area contributed by atoms with Gasteiger partial charge in [0.2, 0.25) is 0 Å². The summed E-state index contributed by atoms with van der Waals surface area (Å²) in [6.07, 6.45) is 1.11. The van der Waals surface area contributed by atoms with Gasteiger partial charge in [0, 0.05) is 11.8 Å². The van der Waals surface area contributed by atoms with E-state index in [0.717, 1.165) is 24.2 Å². The van der Waals surface area contributed by atoms with Crippen LogP contribution in [-0.2, 0) is 6.54 Å². The van der Waals surface area contributed by atoms with Crippen LogP contribution in [0.3, 0.4) is 0 Å². The highest BCUT2D eigenvalue weighted by Gasteiger charge is 2.24. The lowest BCUT2D eigenvalue weighted by atomic mass is 9.90. The topological polar surface area (TPSA) is 24.4 Å². The summed E-state index contributed by atoms with van der Waals surface area (Å²) in [4.78, 5) is 4.46. The van der Waals surface area contributed by atoms with Crippen LogP contribution in [0.5, 0.6) is 0 Å². The van der Waals surface area contributed by atoms with Gasteiger partial charge in [0.15, 0.2) is 16.8 Å². The standard InChI is InChI=1S/C15H20F2N2S/c1-15(2,3)7-11-9-19-14(20-11)18-8-10-4-5-12(16)13(17)6-10/h4-6,11H,7-9H2,1-3H3,(H,18,19). The predicted molar refractivity (Wildman–Crippen MR) is 81.0 cm³/mol. The van der Waals surface area contributed by atoms with E-state index in [1.54, 1.807) is 17.8 Å². The maximum Gasteiger partial charge on any atom is 0.159 e. The van der Waals surface area contributed by atoms with E-state index in [4.69, 9.17) is 0 Å². The fourth-order valence-electron chi connectivity index (χ4n) is 2.13. The Kier molecular flexibility index (Phi) is 4.68. The van der Waals surface area contributed by atoms with Gasteiger partial charge >= 0.3 is 0 Å². The minimum atomic E-state index is -0.813. The highest BCUT2D eigenvalue weighted by molar-refractivity contribution is 8.14. The van der Waals surface area contributed by atoms with Gasteiger partial charge in [-0.25, -0.2) is 8.78 Å². The molecule has 0 aromatic heterocycles. The number of aliphatic imine (C=N–C) groups is 1. The molecule has 0 saturated carbocycles. The van der Waals surface area contributed by atoms with E-state index in [-0.39, 0.29) is 0 Å². The summed E-state index contributed by atoms with van der Waals surface area (Å²) in [7, 11) is 0. The van der Waals surface area contributed by atoms with Crippen molar-refractivity contribution in [3.8, 4) is 0 Å². The first-order valence-corrected chi connectivity index (χ1v) is 7.60. The van der Waals surface area contributed by atoms with Gasteiger partial charge in [-0.2, -0.15) is 0 Å². The largest absolute Gasteiger partial charge is 0.361 e. The first-order chi connectivity index (χ1) is 9.33. The molecule has 1 unspecified atom stereocenters. The molecule has 1 atom stereocenters. The van der Waals surface area contributed by atoms with E-state index in [0.29, 0.717) is 22.8 Å². The predicted octanol–water partition coefficient (Wildman–Crippen LogP) is 3.96. The highest BCUT2D eigenvalue weighted by atomic mass is 32.2. The molecule has 0 radical (unpaired) electrons. The molecule has 0 bridgehead atoms. The first-order valence-electron chi connectivity index (χ1n) is 6.72. The van der Waals surface area contributed by atoms with E-state index >= 15 is 0 Å². The van der Waals surface area contributed by atoms with Gasteiger partial charge in [-0.3, -0.25) is 4.99 Å². The third kappa shape index (κ3) is 4.47. The summed E-state index contributed by atoms with van der Waals surface area (Å²) >= 11 is 1.74. The molecular formula is C15H20F2N2S. The molecule has 0 aliphatic carbocycles. The van der Waals surface area contributed by atoms with Crippen LogP contribution in [0.1, 0.15) is 32.8 Å². The number of nitrogens with zero attached hydrogens (tertiary/aromatic N) is 1. The summed E-state index contributed by atoms with van der Waals surface area (Å²) in [5, 5.41) is 4.58. The molecule has 0 saturated heterocycles. The fraction of sp³-hybridized carbons (Fsp3) is 0.533. The van der Waals surface area contributed by atoms with E-state index in [1.165, 1.54) is 6.07 Å². The van der Waals surface area contributed by atoms with Gasteiger partial charge in [-0.15, -0.1) is 0 Å². The number of nitrogens with one attached hydrogen (secondary N) is 1. The molecule has 0 fully saturated rings. The second-order valence-electron chi connectivity index (χ2n) is 6.25. The van der Waals surface area contributed by atoms with Crippen molar-refractivity contribution in [2.24, 2.45) is 10.4 Å².